The van der Waals surface area contributed by atoms with E-state index in [2.05, 4.69) is 15.4 Å². The topological polar surface area (TPSA) is 140 Å². The first-order valence-electron chi connectivity index (χ1n) is 14.8. The lowest BCUT2D eigenvalue weighted by molar-refractivity contribution is 0.0928. The van der Waals surface area contributed by atoms with Crippen LogP contribution in [-0.2, 0) is 22.0 Å². The molecule has 12 heteroatoms. The van der Waals surface area contributed by atoms with Gasteiger partial charge < -0.3 is 11.1 Å². The molecule has 1 aliphatic rings. The van der Waals surface area contributed by atoms with Crippen molar-refractivity contribution in [3.8, 4) is 11.1 Å². The Morgan fingerprint density at radius 1 is 1.07 bits per heavy atom. The number of rotatable bonds is 10. The standard InChI is InChI=1S/C34H33FN6O4S/c1-4-41(46(3,44)45)29-20-40-28(31(32(36)42)27(39-40)17-22-9-12-24(35)13-10-22)19-26(29)25-18-23(11-8-21(25)2)33(43)38-34(14-15-34)30-7-5-6-16-37-30/h5-13,16,18-20H,4,14-15,17H2,1-3H3,(H2,36,42)(H,38,43). The van der Waals surface area contributed by atoms with Gasteiger partial charge in [0.25, 0.3) is 11.8 Å². The van der Waals surface area contributed by atoms with E-state index in [-0.39, 0.29) is 30.3 Å². The predicted molar refractivity (Wildman–Crippen MR) is 174 cm³/mol. The zero-order valence-electron chi connectivity index (χ0n) is 25.6. The summed E-state index contributed by atoms with van der Waals surface area (Å²) in [4.78, 5) is 30.9. The Balaban J connectivity index is 1.50. The van der Waals surface area contributed by atoms with Crippen molar-refractivity contribution in [2.24, 2.45) is 5.73 Å². The molecular formula is C34H33FN6O4S. The number of aromatic nitrogens is 3. The van der Waals surface area contributed by atoms with E-state index < -0.39 is 21.5 Å². The van der Waals surface area contributed by atoms with E-state index in [1.54, 1.807) is 55.7 Å². The summed E-state index contributed by atoms with van der Waals surface area (Å²) in [6, 6.07) is 18.4. The Morgan fingerprint density at radius 3 is 2.41 bits per heavy atom. The Hall–Kier alpha value is -5.10. The third kappa shape index (κ3) is 5.83. The average Bonchev–Trinajstić information content (AvgIpc) is 3.71. The maximum Gasteiger partial charge on any atom is 0.252 e. The second kappa shape index (κ2) is 11.7. The van der Waals surface area contributed by atoms with Gasteiger partial charge in [0.2, 0.25) is 10.0 Å². The number of halogens is 1. The van der Waals surface area contributed by atoms with Crippen molar-refractivity contribution in [3.05, 3.63) is 119 Å². The highest BCUT2D eigenvalue weighted by Crippen LogP contribution is 2.45. The monoisotopic (exact) mass is 640 g/mol. The third-order valence-corrected chi connectivity index (χ3v) is 9.61. The lowest BCUT2D eigenvalue weighted by Gasteiger charge is -2.24. The van der Waals surface area contributed by atoms with Gasteiger partial charge in [-0.2, -0.15) is 5.10 Å². The fourth-order valence-electron chi connectivity index (χ4n) is 5.87. The molecule has 3 heterocycles. The van der Waals surface area contributed by atoms with Crippen LogP contribution in [0.4, 0.5) is 10.1 Å². The van der Waals surface area contributed by atoms with E-state index in [1.165, 1.54) is 21.0 Å². The maximum atomic E-state index is 13.6. The zero-order valence-corrected chi connectivity index (χ0v) is 26.4. The Kier molecular flexibility index (Phi) is 7.85. The Bertz CT molecular complexity index is 2090. The number of hydrogen-bond donors (Lipinski definition) is 2. The summed E-state index contributed by atoms with van der Waals surface area (Å²) in [6.45, 7) is 3.70. The summed E-state index contributed by atoms with van der Waals surface area (Å²) in [5, 5.41) is 7.77. The molecule has 236 valence electrons. The number of amides is 2. The van der Waals surface area contributed by atoms with Gasteiger partial charge in [-0.25, -0.2) is 17.3 Å². The van der Waals surface area contributed by atoms with Crippen LogP contribution >= 0.6 is 0 Å². The van der Waals surface area contributed by atoms with Crippen LogP contribution in [0.1, 0.15) is 63.0 Å². The number of sulfonamides is 1. The van der Waals surface area contributed by atoms with Gasteiger partial charge in [0.15, 0.2) is 0 Å². The van der Waals surface area contributed by atoms with Crippen molar-refractivity contribution in [2.45, 2.75) is 38.6 Å². The molecule has 2 amide bonds. The number of aryl methyl sites for hydroxylation is 1. The molecule has 1 aliphatic carbocycles. The number of hydrogen-bond acceptors (Lipinski definition) is 6. The number of nitrogens with zero attached hydrogens (tertiary/aromatic N) is 4. The van der Waals surface area contributed by atoms with Gasteiger partial charge in [-0.3, -0.25) is 18.9 Å². The molecule has 0 bridgehead atoms. The Morgan fingerprint density at radius 2 is 1.80 bits per heavy atom. The number of fused-ring (bicyclic) bond motifs is 1. The van der Waals surface area contributed by atoms with Gasteiger partial charge in [0.1, 0.15) is 5.82 Å². The van der Waals surface area contributed by atoms with Crippen LogP contribution in [0.2, 0.25) is 0 Å². The minimum atomic E-state index is -3.75. The number of nitrogens with two attached hydrogens (primary N) is 1. The largest absolute Gasteiger partial charge is 0.365 e. The number of benzene rings is 2. The molecule has 0 unspecified atom stereocenters. The van der Waals surface area contributed by atoms with Gasteiger partial charge in [-0.05, 0) is 85.8 Å². The van der Waals surface area contributed by atoms with E-state index >= 15 is 0 Å². The number of nitrogens with one attached hydrogen (secondary N) is 1. The molecule has 10 nitrogen and oxygen atoms in total. The first-order valence-corrected chi connectivity index (χ1v) is 16.7. The van der Waals surface area contributed by atoms with Crippen LogP contribution in [0.5, 0.6) is 0 Å². The van der Waals surface area contributed by atoms with Crippen LogP contribution in [-0.4, -0.2) is 47.6 Å². The molecule has 0 saturated heterocycles. The van der Waals surface area contributed by atoms with Crippen LogP contribution in [0.15, 0.2) is 79.1 Å². The molecule has 1 saturated carbocycles. The second-order valence-electron chi connectivity index (χ2n) is 11.6. The molecule has 3 N–H and O–H groups in total. The van der Waals surface area contributed by atoms with Crippen LogP contribution in [0.3, 0.4) is 0 Å². The average molecular weight is 641 g/mol. The molecule has 0 atom stereocenters. The summed E-state index contributed by atoms with van der Waals surface area (Å²) in [6.07, 6.45) is 6.11. The van der Waals surface area contributed by atoms with Crippen LogP contribution in [0, 0.1) is 12.7 Å². The quantitative estimate of drug-likeness (QED) is 0.226. The fraction of sp³-hybridized carbons (Fsp3) is 0.235. The van der Waals surface area contributed by atoms with E-state index in [9.17, 15) is 22.4 Å². The molecule has 0 radical (unpaired) electrons. The highest BCUT2D eigenvalue weighted by atomic mass is 32.2. The summed E-state index contributed by atoms with van der Waals surface area (Å²) in [7, 11) is -3.75. The van der Waals surface area contributed by atoms with E-state index in [4.69, 9.17) is 5.73 Å². The van der Waals surface area contributed by atoms with Gasteiger partial charge in [-0.15, -0.1) is 0 Å². The summed E-state index contributed by atoms with van der Waals surface area (Å²) in [5.74, 6) is -1.39. The molecule has 1 fully saturated rings. The lowest BCUT2D eigenvalue weighted by atomic mass is 9.96. The fourth-order valence-corrected chi connectivity index (χ4v) is 6.85. The van der Waals surface area contributed by atoms with Crippen molar-refractivity contribution < 1.29 is 22.4 Å². The molecule has 0 aliphatic heterocycles. The van der Waals surface area contributed by atoms with Crippen molar-refractivity contribution in [1.82, 2.24) is 19.9 Å². The zero-order chi connectivity index (χ0) is 32.8. The molecule has 6 rings (SSSR count). The third-order valence-electron chi connectivity index (χ3n) is 8.36. The first-order chi connectivity index (χ1) is 21.9. The minimum absolute atomic E-state index is 0.121. The SMILES string of the molecule is CCN(c1cn2nc(Cc3ccc(F)cc3)c(C(N)=O)c2cc1-c1cc(C(=O)NC2(c3ccccn3)CC2)ccc1C)S(C)(=O)=O. The number of pyridine rings is 2. The molecular weight excluding hydrogens is 607 g/mol. The number of carbonyl (C=O) groups is 2. The van der Waals surface area contributed by atoms with Crippen molar-refractivity contribution in [3.63, 3.8) is 0 Å². The van der Waals surface area contributed by atoms with E-state index in [0.29, 0.717) is 39.2 Å². The van der Waals surface area contributed by atoms with E-state index in [0.717, 1.165) is 30.4 Å². The van der Waals surface area contributed by atoms with Crippen molar-refractivity contribution >= 4 is 33.0 Å². The molecule has 0 spiro atoms. The van der Waals surface area contributed by atoms with Crippen molar-refractivity contribution in [2.75, 3.05) is 17.1 Å². The highest BCUT2D eigenvalue weighted by Gasteiger charge is 2.47. The number of carbonyl (C=O) groups excluding carboxylic acids is 2. The predicted octanol–water partition coefficient (Wildman–Crippen LogP) is 4.74. The molecule has 3 aromatic heterocycles. The second-order valence-corrected chi connectivity index (χ2v) is 13.5. The normalized spacial score (nSPS) is 13.8. The van der Waals surface area contributed by atoms with Crippen molar-refractivity contribution in [1.29, 1.82) is 0 Å². The molecule has 2 aromatic carbocycles. The van der Waals surface area contributed by atoms with Crippen LogP contribution in [0.25, 0.3) is 16.6 Å². The summed E-state index contributed by atoms with van der Waals surface area (Å²) in [5.41, 5.74) is 10.3. The number of primary amides is 1. The maximum absolute atomic E-state index is 13.6. The smallest absolute Gasteiger partial charge is 0.252 e. The summed E-state index contributed by atoms with van der Waals surface area (Å²) < 4.78 is 42.3. The Labute approximate surface area is 266 Å². The highest BCUT2D eigenvalue weighted by molar-refractivity contribution is 7.92. The van der Waals surface area contributed by atoms with Crippen LogP contribution < -0.4 is 15.4 Å². The number of anilines is 1. The van der Waals surface area contributed by atoms with Gasteiger partial charge in [0, 0.05) is 30.3 Å². The van der Waals surface area contributed by atoms with Gasteiger partial charge in [0.05, 0.1) is 46.1 Å². The molecule has 5 aromatic rings. The molecule has 46 heavy (non-hydrogen) atoms. The van der Waals surface area contributed by atoms with E-state index in [1.807, 2.05) is 25.1 Å². The summed E-state index contributed by atoms with van der Waals surface area (Å²) >= 11 is 0. The minimum Gasteiger partial charge on any atom is -0.365 e. The first kappa shape index (κ1) is 30.9. The van der Waals surface area contributed by atoms with Gasteiger partial charge >= 0.3 is 0 Å². The lowest BCUT2D eigenvalue weighted by Crippen LogP contribution is -2.35. The van der Waals surface area contributed by atoms with Gasteiger partial charge in [-0.1, -0.05) is 24.3 Å².